The summed E-state index contributed by atoms with van der Waals surface area (Å²) < 4.78 is 4.61. The fraction of sp³-hybridized carbons (Fsp3) is 0.833. The van der Waals surface area contributed by atoms with Gasteiger partial charge in [-0.1, -0.05) is 13.8 Å². The fourth-order valence-corrected chi connectivity index (χ4v) is 1.35. The van der Waals surface area contributed by atoms with E-state index in [2.05, 4.69) is 23.9 Å². The Hall–Kier alpha value is -1.14. The van der Waals surface area contributed by atoms with Gasteiger partial charge in [0.1, 0.15) is 0 Å². The van der Waals surface area contributed by atoms with Crippen LogP contribution in [0.3, 0.4) is 0 Å². The van der Waals surface area contributed by atoms with E-state index in [9.17, 15) is 9.59 Å². The van der Waals surface area contributed by atoms with Crippen LogP contribution in [-0.4, -0.2) is 49.7 Å². The highest BCUT2D eigenvalue weighted by molar-refractivity contribution is 5.92. The minimum absolute atomic E-state index is 0.126. The van der Waals surface area contributed by atoms with Gasteiger partial charge in [0.15, 0.2) is 0 Å². The largest absolute Gasteiger partial charge is 0.450 e. The third-order valence-corrected chi connectivity index (χ3v) is 2.63. The number of hydrogen-bond acceptors (Lipinski definition) is 5. The molecule has 0 rings (SSSR count). The van der Waals surface area contributed by atoms with Crippen molar-refractivity contribution in [2.45, 2.75) is 33.2 Å². The first-order chi connectivity index (χ1) is 8.36. The van der Waals surface area contributed by atoms with Crippen molar-refractivity contribution in [3.63, 3.8) is 0 Å². The molecule has 1 unspecified atom stereocenters. The SMILES string of the molecule is CCOC(=O)NC(=O)CN(C)CCC(N)C(C)C. The number of nitrogens with one attached hydrogen (secondary N) is 1. The van der Waals surface area contributed by atoms with E-state index in [0.717, 1.165) is 13.0 Å². The van der Waals surface area contributed by atoms with Crippen molar-refractivity contribution in [2.75, 3.05) is 26.7 Å². The fourth-order valence-electron chi connectivity index (χ4n) is 1.35. The molecule has 0 saturated carbocycles. The Morgan fingerprint density at radius 3 is 2.50 bits per heavy atom. The summed E-state index contributed by atoms with van der Waals surface area (Å²) in [7, 11) is 1.82. The summed E-state index contributed by atoms with van der Waals surface area (Å²) in [6.45, 7) is 6.94. The van der Waals surface area contributed by atoms with E-state index in [4.69, 9.17) is 5.73 Å². The molecule has 6 nitrogen and oxygen atoms in total. The zero-order valence-corrected chi connectivity index (χ0v) is 11.7. The molecule has 18 heavy (non-hydrogen) atoms. The maximum atomic E-state index is 11.4. The predicted molar refractivity (Wildman–Crippen MR) is 70.1 cm³/mol. The highest BCUT2D eigenvalue weighted by atomic mass is 16.5. The van der Waals surface area contributed by atoms with E-state index in [1.807, 2.05) is 11.9 Å². The molecule has 0 aliphatic rings. The van der Waals surface area contributed by atoms with Gasteiger partial charge in [-0.15, -0.1) is 0 Å². The van der Waals surface area contributed by atoms with Gasteiger partial charge in [-0.25, -0.2) is 4.79 Å². The number of carbonyl (C=O) groups excluding carboxylic acids is 2. The summed E-state index contributed by atoms with van der Waals surface area (Å²) in [5.41, 5.74) is 5.91. The first-order valence-electron chi connectivity index (χ1n) is 6.27. The Bertz CT molecular complexity index is 269. The van der Waals surface area contributed by atoms with Crippen LogP contribution in [0, 0.1) is 5.92 Å². The van der Waals surface area contributed by atoms with Crippen LogP contribution in [0.25, 0.3) is 0 Å². The molecule has 106 valence electrons. The highest BCUT2D eigenvalue weighted by Crippen LogP contribution is 2.03. The third kappa shape index (κ3) is 8.03. The lowest BCUT2D eigenvalue weighted by atomic mass is 10.0. The van der Waals surface area contributed by atoms with Gasteiger partial charge < -0.3 is 10.5 Å². The second-order valence-electron chi connectivity index (χ2n) is 4.70. The van der Waals surface area contributed by atoms with Crippen molar-refractivity contribution in [2.24, 2.45) is 11.7 Å². The molecular weight excluding hydrogens is 234 g/mol. The monoisotopic (exact) mass is 259 g/mol. The summed E-state index contributed by atoms with van der Waals surface area (Å²) >= 11 is 0. The van der Waals surface area contributed by atoms with Gasteiger partial charge in [0.25, 0.3) is 0 Å². The molecular formula is C12H25N3O3. The number of nitrogens with zero attached hydrogens (tertiary/aromatic N) is 1. The second-order valence-corrected chi connectivity index (χ2v) is 4.70. The van der Waals surface area contributed by atoms with E-state index >= 15 is 0 Å². The highest BCUT2D eigenvalue weighted by Gasteiger charge is 2.13. The van der Waals surface area contributed by atoms with Crippen LogP contribution in [0.15, 0.2) is 0 Å². The Labute approximate surface area is 109 Å². The van der Waals surface area contributed by atoms with Crippen LogP contribution < -0.4 is 11.1 Å². The van der Waals surface area contributed by atoms with Crippen LogP contribution in [0.4, 0.5) is 4.79 Å². The molecule has 1 atom stereocenters. The molecule has 0 saturated heterocycles. The Morgan fingerprint density at radius 1 is 1.39 bits per heavy atom. The van der Waals surface area contributed by atoms with Gasteiger partial charge in [0.05, 0.1) is 13.2 Å². The average Bonchev–Trinajstić information content (AvgIpc) is 2.25. The molecule has 0 spiro atoms. The first kappa shape index (κ1) is 16.9. The van der Waals surface area contributed by atoms with E-state index in [1.165, 1.54) is 0 Å². The summed E-state index contributed by atoms with van der Waals surface area (Å²) in [4.78, 5) is 24.3. The smallest absolute Gasteiger partial charge is 0.413 e. The maximum absolute atomic E-state index is 11.4. The topological polar surface area (TPSA) is 84.7 Å². The lowest BCUT2D eigenvalue weighted by Gasteiger charge is -2.20. The number of nitrogens with two attached hydrogens (primary N) is 1. The molecule has 0 radical (unpaired) electrons. The number of alkyl carbamates (subject to hydrolysis) is 1. The minimum Gasteiger partial charge on any atom is -0.450 e. The molecule has 6 heteroatoms. The molecule has 0 aromatic heterocycles. The summed E-state index contributed by atoms with van der Waals surface area (Å²) in [6.07, 6.45) is 0.121. The maximum Gasteiger partial charge on any atom is 0.413 e. The van der Waals surface area contributed by atoms with Crippen molar-refractivity contribution in [3.05, 3.63) is 0 Å². The van der Waals surface area contributed by atoms with Crippen molar-refractivity contribution in [3.8, 4) is 0 Å². The van der Waals surface area contributed by atoms with Crippen LogP contribution >= 0.6 is 0 Å². The number of rotatable bonds is 7. The van der Waals surface area contributed by atoms with Gasteiger partial charge in [0, 0.05) is 6.04 Å². The predicted octanol–water partition coefficient (Wildman–Crippen LogP) is 0.564. The van der Waals surface area contributed by atoms with Crippen molar-refractivity contribution >= 4 is 12.0 Å². The molecule has 2 amide bonds. The molecule has 0 heterocycles. The zero-order valence-electron chi connectivity index (χ0n) is 11.7. The van der Waals surface area contributed by atoms with Crippen molar-refractivity contribution in [1.82, 2.24) is 10.2 Å². The lowest BCUT2D eigenvalue weighted by Crippen LogP contribution is -2.40. The molecule has 0 aliphatic carbocycles. The van der Waals surface area contributed by atoms with E-state index < -0.39 is 6.09 Å². The normalized spacial score (nSPS) is 12.6. The van der Waals surface area contributed by atoms with Crippen LogP contribution in [-0.2, 0) is 9.53 Å². The lowest BCUT2D eigenvalue weighted by molar-refractivity contribution is -0.121. The van der Waals surface area contributed by atoms with E-state index in [-0.39, 0.29) is 25.1 Å². The number of ether oxygens (including phenoxy) is 1. The number of amides is 2. The molecule has 0 aromatic rings. The summed E-state index contributed by atoms with van der Waals surface area (Å²) in [5.74, 6) is 0.0563. The van der Waals surface area contributed by atoms with Gasteiger partial charge in [0.2, 0.25) is 5.91 Å². The van der Waals surface area contributed by atoms with Crippen LogP contribution in [0.2, 0.25) is 0 Å². The quantitative estimate of drug-likeness (QED) is 0.698. The Balaban J connectivity index is 3.83. The molecule has 3 N–H and O–H groups in total. The Kier molecular flexibility index (Phi) is 8.32. The minimum atomic E-state index is -0.699. The van der Waals surface area contributed by atoms with E-state index in [0.29, 0.717) is 5.92 Å². The summed E-state index contributed by atoms with van der Waals surface area (Å²) in [5, 5.41) is 2.15. The third-order valence-electron chi connectivity index (χ3n) is 2.63. The zero-order chi connectivity index (χ0) is 14.1. The Morgan fingerprint density at radius 2 is 2.00 bits per heavy atom. The molecule has 0 fully saturated rings. The van der Waals surface area contributed by atoms with E-state index in [1.54, 1.807) is 6.92 Å². The molecule has 0 aromatic carbocycles. The van der Waals surface area contributed by atoms with Gasteiger partial charge >= 0.3 is 6.09 Å². The average molecular weight is 259 g/mol. The number of likely N-dealkylation sites (N-methyl/N-ethyl adjacent to an activating group) is 1. The molecule has 0 bridgehead atoms. The van der Waals surface area contributed by atoms with Crippen molar-refractivity contribution < 1.29 is 14.3 Å². The summed E-state index contributed by atoms with van der Waals surface area (Å²) in [6, 6.07) is 0.126. The standard InChI is InChI=1S/C12H25N3O3/c1-5-18-12(17)14-11(16)8-15(4)7-6-10(13)9(2)3/h9-10H,5-8,13H2,1-4H3,(H,14,16,17). The number of carbonyl (C=O) groups is 2. The molecule has 0 aliphatic heterocycles. The number of hydrogen-bond donors (Lipinski definition) is 2. The van der Waals surface area contributed by atoms with Crippen LogP contribution in [0.5, 0.6) is 0 Å². The van der Waals surface area contributed by atoms with Crippen molar-refractivity contribution in [1.29, 1.82) is 0 Å². The van der Waals surface area contributed by atoms with Gasteiger partial charge in [-0.2, -0.15) is 0 Å². The first-order valence-corrected chi connectivity index (χ1v) is 6.27. The second kappa shape index (κ2) is 8.88. The van der Waals surface area contributed by atoms with Crippen LogP contribution in [0.1, 0.15) is 27.2 Å². The van der Waals surface area contributed by atoms with Gasteiger partial charge in [-0.3, -0.25) is 15.0 Å². The number of imide groups is 1. The van der Waals surface area contributed by atoms with Gasteiger partial charge in [-0.05, 0) is 32.9 Å².